The summed E-state index contributed by atoms with van der Waals surface area (Å²) in [5.74, 6) is 0. The fraction of sp³-hybridized carbons (Fsp3) is 0.300. The lowest BCUT2D eigenvalue weighted by atomic mass is 10.0. The number of alkyl halides is 1. The third kappa shape index (κ3) is 2.45. The van der Waals surface area contributed by atoms with Crippen LogP contribution >= 0.6 is 23.2 Å². The lowest BCUT2D eigenvalue weighted by molar-refractivity contribution is -0.111. The van der Waals surface area contributed by atoms with Crippen molar-refractivity contribution >= 4 is 28.4 Å². The van der Waals surface area contributed by atoms with Crippen molar-refractivity contribution in [3.05, 3.63) is 34.9 Å². The molecule has 0 radical (unpaired) electrons. The van der Waals surface area contributed by atoms with Crippen LogP contribution in [0.15, 0.2) is 18.2 Å². The lowest BCUT2D eigenvalue weighted by Crippen LogP contribution is -2.01. The van der Waals surface area contributed by atoms with E-state index in [1.807, 2.05) is 32.0 Å². The summed E-state index contributed by atoms with van der Waals surface area (Å²) in [7, 11) is 0. The first kappa shape index (κ1) is 10.6. The molecule has 1 aromatic carbocycles. The number of aryl methyl sites for hydroxylation is 2. The molecule has 0 amide bonds. The van der Waals surface area contributed by atoms with Crippen LogP contribution in [0.3, 0.4) is 0 Å². The first-order valence-corrected chi connectivity index (χ1v) is 4.74. The molecule has 0 spiro atoms. The molecule has 1 unspecified atom stereocenters. The van der Waals surface area contributed by atoms with Crippen molar-refractivity contribution in [1.29, 1.82) is 0 Å². The Morgan fingerprint density at radius 3 is 2.46 bits per heavy atom. The Balaban J connectivity index is 3.08. The summed E-state index contributed by atoms with van der Waals surface area (Å²) < 4.78 is 0. The van der Waals surface area contributed by atoms with Crippen molar-refractivity contribution in [2.75, 3.05) is 0 Å². The van der Waals surface area contributed by atoms with Gasteiger partial charge in [-0.1, -0.05) is 23.8 Å². The third-order valence-corrected chi connectivity index (χ3v) is 2.66. The van der Waals surface area contributed by atoms with Gasteiger partial charge >= 0.3 is 0 Å². The van der Waals surface area contributed by atoms with Gasteiger partial charge in [0.25, 0.3) is 0 Å². The molecule has 0 N–H and O–H groups in total. The van der Waals surface area contributed by atoms with E-state index >= 15 is 0 Å². The quantitative estimate of drug-likeness (QED) is 0.548. The maximum absolute atomic E-state index is 10.8. The standard InChI is InChI=1S/C10H10Cl2O/c1-6-3-4-8(7(2)5-6)9(11)10(12)13/h3-5,9H,1-2H3. The molecule has 3 heteroatoms. The van der Waals surface area contributed by atoms with Gasteiger partial charge in [-0.15, -0.1) is 11.6 Å². The van der Waals surface area contributed by atoms with Crippen LogP contribution in [0.4, 0.5) is 0 Å². The molecule has 0 saturated carbocycles. The van der Waals surface area contributed by atoms with Gasteiger partial charge in [-0.05, 0) is 36.6 Å². The van der Waals surface area contributed by atoms with Crippen molar-refractivity contribution in [2.45, 2.75) is 19.2 Å². The van der Waals surface area contributed by atoms with Crippen LogP contribution in [0.25, 0.3) is 0 Å². The van der Waals surface area contributed by atoms with E-state index in [0.29, 0.717) is 0 Å². The van der Waals surface area contributed by atoms with E-state index in [1.165, 1.54) is 0 Å². The van der Waals surface area contributed by atoms with Gasteiger partial charge in [-0.2, -0.15) is 0 Å². The van der Waals surface area contributed by atoms with E-state index in [0.717, 1.165) is 16.7 Å². The van der Waals surface area contributed by atoms with Crippen LogP contribution in [-0.2, 0) is 4.79 Å². The highest BCUT2D eigenvalue weighted by atomic mass is 35.5. The molecule has 1 atom stereocenters. The van der Waals surface area contributed by atoms with Gasteiger partial charge in [0.05, 0.1) is 0 Å². The summed E-state index contributed by atoms with van der Waals surface area (Å²) in [6, 6.07) is 5.73. The van der Waals surface area contributed by atoms with E-state index in [4.69, 9.17) is 23.2 Å². The van der Waals surface area contributed by atoms with Crippen molar-refractivity contribution < 1.29 is 4.79 Å². The van der Waals surface area contributed by atoms with Crippen LogP contribution in [0.5, 0.6) is 0 Å². The van der Waals surface area contributed by atoms with Crippen molar-refractivity contribution in [3.63, 3.8) is 0 Å². The molecule has 0 bridgehead atoms. The number of carbonyl (C=O) groups is 1. The first-order valence-electron chi connectivity index (χ1n) is 3.93. The summed E-state index contributed by atoms with van der Waals surface area (Å²) in [5.41, 5.74) is 2.92. The van der Waals surface area contributed by atoms with Crippen LogP contribution in [0.1, 0.15) is 22.1 Å². The Morgan fingerprint density at radius 1 is 1.38 bits per heavy atom. The van der Waals surface area contributed by atoms with E-state index in [1.54, 1.807) is 0 Å². The molecule has 1 aromatic rings. The van der Waals surface area contributed by atoms with Crippen molar-refractivity contribution in [2.24, 2.45) is 0 Å². The van der Waals surface area contributed by atoms with E-state index in [9.17, 15) is 4.79 Å². The molecule has 0 aliphatic carbocycles. The summed E-state index contributed by atoms with van der Waals surface area (Å²) in [5, 5.41) is -1.27. The van der Waals surface area contributed by atoms with Crippen LogP contribution in [-0.4, -0.2) is 5.24 Å². The van der Waals surface area contributed by atoms with Gasteiger partial charge in [-0.3, -0.25) is 4.79 Å². The minimum absolute atomic E-state index is 0.534. The predicted octanol–water partition coefficient (Wildman–Crippen LogP) is 3.35. The number of hydrogen-bond acceptors (Lipinski definition) is 1. The topological polar surface area (TPSA) is 17.1 Å². The minimum Gasteiger partial charge on any atom is -0.279 e. The molecule has 0 fully saturated rings. The molecule has 0 aromatic heterocycles. The van der Waals surface area contributed by atoms with Gasteiger partial charge in [0.15, 0.2) is 0 Å². The predicted molar refractivity (Wildman–Crippen MR) is 55.4 cm³/mol. The second kappa shape index (κ2) is 4.12. The molecular formula is C10H10Cl2O. The van der Waals surface area contributed by atoms with Gasteiger partial charge in [0.1, 0.15) is 5.38 Å². The van der Waals surface area contributed by atoms with Gasteiger partial charge in [0, 0.05) is 0 Å². The summed E-state index contributed by atoms with van der Waals surface area (Å²) in [4.78, 5) is 10.8. The Bertz CT molecular complexity index is 334. The molecule has 0 aliphatic heterocycles. The molecule has 0 aliphatic rings. The number of benzene rings is 1. The number of carbonyl (C=O) groups excluding carboxylic acids is 1. The molecule has 13 heavy (non-hydrogen) atoms. The zero-order chi connectivity index (χ0) is 10.0. The third-order valence-electron chi connectivity index (χ3n) is 1.90. The normalized spacial score (nSPS) is 12.6. The zero-order valence-electron chi connectivity index (χ0n) is 7.47. The smallest absolute Gasteiger partial charge is 0.244 e. The molecule has 70 valence electrons. The molecule has 1 rings (SSSR count). The summed E-state index contributed by atoms with van der Waals surface area (Å²) in [6.07, 6.45) is 0. The summed E-state index contributed by atoms with van der Waals surface area (Å²) in [6.45, 7) is 3.90. The highest BCUT2D eigenvalue weighted by Gasteiger charge is 2.16. The maximum Gasteiger partial charge on any atom is 0.244 e. The summed E-state index contributed by atoms with van der Waals surface area (Å²) >= 11 is 11.1. The van der Waals surface area contributed by atoms with Crippen LogP contribution in [0, 0.1) is 13.8 Å². The number of halogens is 2. The average molecular weight is 217 g/mol. The maximum atomic E-state index is 10.8. The molecule has 1 nitrogen and oxygen atoms in total. The van der Waals surface area contributed by atoms with E-state index in [2.05, 4.69) is 0 Å². The van der Waals surface area contributed by atoms with Gasteiger partial charge in [0.2, 0.25) is 5.24 Å². The fourth-order valence-electron chi connectivity index (χ4n) is 1.23. The average Bonchev–Trinajstić information content (AvgIpc) is 2.03. The van der Waals surface area contributed by atoms with Crippen LogP contribution < -0.4 is 0 Å². The first-order chi connectivity index (χ1) is 6.02. The Labute approximate surface area is 87.7 Å². The molecule has 0 heterocycles. The highest BCUT2D eigenvalue weighted by Crippen LogP contribution is 2.26. The SMILES string of the molecule is Cc1ccc(C(Cl)C(=O)Cl)c(C)c1. The largest absolute Gasteiger partial charge is 0.279 e. The fourth-order valence-corrected chi connectivity index (χ4v) is 1.59. The minimum atomic E-state index is -0.734. The van der Waals surface area contributed by atoms with Crippen LogP contribution in [0.2, 0.25) is 0 Å². The molecular weight excluding hydrogens is 207 g/mol. The Hall–Kier alpha value is -0.530. The molecule has 0 saturated heterocycles. The van der Waals surface area contributed by atoms with E-state index in [-0.39, 0.29) is 0 Å². The van der Waals surface area contributed by atoms with E-state index < -0.39 is 10.6 Å². The second-order valence-electron chi connectivity index (χ2n) is 3.03. The van der Waals surface area contributed by atoms with Gasteiger partial charge in [-0.25, -0.2) is 0 Å². The highest BCUT2D eigenvalue weighted by molar-refractivity contribution is 6.68. The van der Waals surface area contributed by atoms with Gasteiger partial charge < -0.3 is 0 Å². The Morgan fingerprint density at radius 2 is 2.00 bits per heavy atom. The zero-order valence-corrected chi connectivity index (χ0v) is 8.99. The van der Waals surface area contributed by atoms with Crippen molar-refractivity contribution in [1.82, 2.24) is 0 Å². The van der Waals surface area contributed by atoms with Crippen molar-refractivity contribution in [3.8, 4) is 0 Å². The Kier molecular flexibility index (Phi) is 3.34. The monoisotopic (exact) mass is 216 g/mol. The number of hydrogen-bond donors (Lipinski definition) is 0. The second-order valence-corrected chi connectivity index (χ2v) is 3.84. The lowest BCUT2D eigenvalue weighted by Gasteiger charge is -2.08. The number of rotatable bonds is 2.